The van der Waals surface area contributed by atoms with Gasteiger partial charge in [0.25, 0.3) is 0 Å². The minimum Gasteiger partial charge on any atom is -0.871 e. The van der Waals surface area contributed by atoms with E-state index in [1.54, 1.807) is 0 Å². The van der Waals surface area contributed by atoms with Crippen molar-refractivity contribution in [1.82, 2.24) is 0 Å². The predicted octanol–water partition coefficient (Wildman–Crippen LogP) is -3.09. The first-order chi connectivity index (χ1) is 1.73. The molecule has 0 spiro atoms. The van der Waals surface area contributed by atoms with Gasteiger partial charge in [-0.3, -0.25) is 0 Å². The summed E-state index contributed by atoms with van der Waals surface area (Å²) in [5.41, 5.74) is 0. The molecule has 1 N–H and O–H groups in total. The number of rotatable bonds is 0. The predicted molar refractivity (Wildman–Crippen MR) is 10.2 cm³/mol. The second-order valence-electron chi connectivity index (χ2n) is 0.307. The maximum absolute atomic E-state index is 8.53. The van der Waals surface area contributed by atoms with Gasteiger partial charge in [-0.1, -0.05) is 0 Å². The van der Waals surface area contributed by atoms with E-state index in [0.29, 0.717) is 0 Å². The maximum Gasteiger partial charge on any atom is 1.00 e. The van der Waals surface area contributed by atoms with Crippen LogP contribution in [0.1, 0.15) is 2.85 Å². The zero-order valence-electron chi connectivity index (χ0n) is 3.84. The van der Waals surface area contributed by atoms with E-state index in [-0.39, 0.29) is 2.85 Å². The number of hydrogen-bond acceptors (Lipinski definition) is 3. The monoisotopic (exact) mass is 62.0 g/mol. The van der Waals surface area contributed by atoms with E-state index in [4.69, 9.17) is 15.1 Å². The minimum atomic E-state index is -2.67. The second-order valence-corrected chi connectivity index (χ2v) is 0.307. The summed E-state index contributed by atoms with van der Waals surface area (Å²) in [5.74, 6) is 0. The fourth-order valence-corrected chi connectivity index (χ4v) is 0. The average molecular weight is 61.8 g/mol. The highest BCUT2D eigenvalue weighted by atomic mass is 16.5. The highest BCUT2D eigenvalue weighted by Gasteiger charge is 1.44. The van der Waals surface area contributed by atoms with Crippen molar-refractivity contribution in [1.29, 1.82) is 0 Å². The molecule has 0 atom stereocenters. The minimum absolute atomic E-state index is 0. The van der Waals surface area contributed by atoms with Crippen molar-refractivity contribution in [3.8, 4) is 0 Å². The summed E-state index contributed by atoms with van der Waals surface area (Å²) in [6.07, 6.45) is 0. The topological polar surface area (TPSA) is 66.3 Å². The van der Waals surface area contributed by atoms with Crippen molar-refractivity contribution in [3.05, 3.63) is 0 Å². The van der Waals surface area contributed by atoms with Gasteiger partial charge in [-0.05, 0) is 0 Å². The molecule has 0 bridgehead atoms. The molecular weight excluding hydrogens is 58.8 g/mol. The molecule has 0 aliphatic rings. The van der Waals surface area contributed by atoms with Gasteiger partial charge >= 0.3 is 2.85 Å². The van der Waals surface area contributed by atoms with E-state index in [1.807, 2.05) is 0 Å². The van der Waals surface area contributed by atoms with Crippen LogP contribution in [-0.2, 0) is 0 Å². The first kappa shape index (κ1) is 3.94. The van der Waals surface area contributed by atoms with Gasteiger partial charge in [-0.25, -0.2) is 0 Å². The zero-order chi connectivity index (χ0) is 3.58. The standard InChI is InChI=1S/BHO3/c2-1(3)4/h2H/q-2/p+2. The summed E-state index contributed by atoms with van der Waals surface area (Å²) < 4.78 is 0. The van der Waals surface area contributed by atoms with Crippen LogP contribution in [0, 0.1) is 0 Å². The van der Waals surface area contributed by atoms with Gasteiger partial charge in [0, 0.05) is 0 Å². The quantitative estimate of drug-likeness (QED) is 0.302. The third-order valence-electron chi connectivity index (χ3n) is 0. The van der Waals surface area contributed by atoms with Gasteiger partial charge in [-0.2, -0.15) is 0 Å². The van der Waals surface area contributed by atoms with E-state index in [9.17, 15) is 0 Å². The molecule has 0 heterocycles. The lowest BCUT2D eigenvalue weighted by atomic mass is 10.3. The van der Waals surface area contributed by atoms with E-state index in [1.165, 1.54) is 0 Å². The Morgan fingerprint density at radius 3 is 1.75 bits per heavy atom. The molecule has 0 amide bonds. The van der Waals surface area contributed by atoms with Crippen LogP contribution in [-0.4, -0.2) is 12.3 Å². The Kier molecular flexibility index (Phi) is 1.27. The lowest BCUT2D eigenvalue weighted by Gasteiger charge is -2.13. The molecule has 0 saturated carbocycles. The first-order valence-electron chi connectivity index (χ1n) is 0.730. The van der Waals surface area contributed by atoms with Crippen LogP contribution >= 0.6 is 0 Å². The van der Waals surface area contributed by atoms with E-state index in [2.05, 4.69) is 0 Å². The van der Waals surface area contributed by atoms with Gasteiger partial charge in [-0.15, -0.1) is 0 Å². The molecule has 0 saturated heterocycles. The Labute approximate surface area is 26.7 Å². The Bertz CT molecular complexity index is 13.5. The number of hydrogen-bond donors (Lipinski definition) is 1. The van der Waals surface area contributed by atoms with Crippen LogP contribution in [0.25, 0.3) is 0 Å². The molecule has 0 aromatic heterocycles. The fraction of sp³-hybridized carbons (Fsp3) is 0. The van der Waals surface area contributed by atoms with Crippen LogP contribution in [0.2, 0.25) is 0 Å². The molecule has 4 heteroatoms. The molecule has 0 radical (unpaired) electrons. The highest BCUT2D eigenvalue weighted by molar-refractivity contribution is 6.26. The molecule has 0 aromatic rings. The summed E-state index contributed by atoms with van der Waals surface area (Å²) in [4.78, 5) is 0. The summed E-state index contributed by atoms with van der Waals surface area (Å²) >= 11 is 0. The molecule has 0 rings (SSSR count). The van der Waals surface area contributed by atoms with Crippen LogP contribution in [0.5, 0.6) is 0 Å². The van der Waals surface area contributed by atoms with Crippen molar-refractivity contribution in [3.63, 3.8) is 0 Å². The van der Waals surface area contributed by atoms with Gasteiger partial charge < -0.3 is 15.1 Å². The van der Waals surface area contributed by atoms with Crippen LogP contribution in [0.3, 0.4) is 0 Å². The molecule has 3 nitrogen and oxygen atoms in total. The second kappa shape index (κ2) is 1.28. The Morgan fingerprint density at radius 2 is 1.75 bits per heavy atom. The lowest BCUT2D eigenvalue weighted by Crippen LogP contribution is -2.44. The molecule has 0 aromatic carbocycles. The molecule has 0 aliphatic carbocycles. The summed E-state index contributed by atoms with van der Waals surface area (Å²) in [7, 11) is -2.67. The molecule has 24 valence electrons. The smallest absolute Gasteiger partial charge is 0.871 e. The largest absolute Gasteiger partial charge is 1.00 e. The van der Waals surface area contributed by atoms with Gasteiger partial charge in [0.05, 0.1) is 7.32 Å². The zero-order valence-corrected chi connectivity index (χ0v) is 1.84. The third kappa shape index (κ3) is 573. The van der Waals surface area contributed by atoms with Crippen molar-refractivity contribution in [2.45, 2.75) is 0 Å². The Hall–Kier alpha value is -0.0551. The van der Waals surface area contributed by atoms with Crippen LogP contribution < -0.4 is 10.0 Å². The summed E-state index contributed by atoms with van der Waals surface area (Å²) in [5, 5.41) is 24.0. The van der Waals surface area contributed by atoms with Crippen LogP contribution in [0.15, 0.2) is 0 Å². The van der Waals surface area contributed by atoms with Crippen molar-refractivity contribution < 1.29 is 17.9 Å². The van der Waals surface area contributed by atoms with Gasteiger partial charge in [0.15, 0.2) is 0 Å². The molecular formula is H3BO3. The van der Waals surface area contributed by atoms with E-state index < -0.39 is 7.32 Å². The Morgan fingerprint density at radius 1 is 1.75 bits per heavy atom. The SMILES string of the molecule is [H+].[H+].[O-]B([O-])O. The first-order valence-corrected chi connectivity index (χ1v) is 0.730. The fourth-order valence-electron chi connectivity index (χ4n) is 0. The van der Waals surface area contributed by atoms with Crippen LogP contribution in [0.4, 0.5) is 0 Å². The lowest BCUT2D eigenvalue weighted by molar-refractivity contribution is -0.376. The highest BCUT2D eigenvalue weighted by Crippen LogP contribution is 1.16. The van der Waals surface area contributed by atoms with Gasteiger partial charge in [0.2, 0.25) is 0 Å². The molecule has 0 fully saturated rings. The Balaban J connectivity index is -0.0000000450. The maximum atomic E-state index is 8.53. The summed E-state index contributed by atoms with van der Waals surface area (Å²) in [6.45, 7) is 0. The van der Waals surface area contributed by atoms with Crippen molar-refractivity contribution in [2.75, 3.05) is 0 Å². The molecule has 0 aliphatic heterocycles. The third-order valence-corrected chi connectivity index (χ3v) is 0. The van der Waals surface area contributed by atoms with Crippen molar-refractivity contribution in [2.24, 2.45) is 0 Å². The van der Waals surface area contributed by atoms with E-state index >= 15 is 0 Å². The average Bonchev–Trinajstić information content (AvgIpc) is 0.811. The molecule has 0 unspecified atom stereocenters. The normalized spacial score (nSPS) is 6.75. The molecule has 4 heavy (non-hydrogen) atoms. The van der Waals surface area contributed by atoms with Crippen molar-refractivity contribution >= 4 is 7.32 Å². The van der Waals surface area contributed by atoms with E-state index in [0.717, 1.165) is 0 Å². The van der Waals surface area contributed by atoms with Gasteiger partial charge in [0.1, 0.15) is 0 Å². The summed E-state index contributed by atoms with van der Waals surface area (Å²) in [6, 6.07) is 0.